The van der Waals surface area contributed by atoms with Crippen LogP contribution in [0.5, 0.6) is 0 Å². The van der Waals surface area contributed by atoms with Crippen molar-refractivity contribution in [2.45, 2.75) is 40.0 Å². The van der Waals surface area contributed by atoms with Crippen molar-refractivity contribution in [3.05, 3.63) is 34.9 Å². The summed E-state index contributed by atoms with van der Waals surface area (Å²) in [7, 11) is 0. The Morgan fingerprint density at radius 1 is 1.18 bits per heavy atom. The Bertz CT molecular complexity index is 884. The van der Waals surface area contributed by atoms with Crippen LogP contribution in [0, 0.1) is 40.0 Å². The summed E-state index contributed by atoms with van der Waals surface area (Å²) in [6.07, 6.45) is 2.84. The fourth-order valence-electron chi connectivity index (χ4n) is 4.19. The first-order chi connectivity index (χ1) is 13.0. The van der Waals surface area contributed by atoms with Gasteiger partial charge in [0.15, 0.2) is 29.9 Å². The first kappa shape index (κ1) is 20.3. The van der Waals surface area contributed by atoms with Crippen LogP contribution in [0.3, 0.4) is 0 Å². The quantitative estimate of drug-likeness (QED) is 0.275. The summed E-state index contributed by atoms with van der Waals surface area (Å²) < 4.78 is 57.4. The smallest absolute Gasteiger partial charge is 0.341 e. The molecule has 2 aliphatic carbocycles. The molecular formula is C19H20F4N2O3. The molecule has 0 heterocycles. The number of benzene rings is 1. The number of esters is 1. The Morgan fingerprint density at radius 2 is 1.86 bits per heavy atom. The number of halogens is 4. The Kier molecular flexibility index (Phi) is 4.97. The van der Waals surface area contributed by atoms with E-state index in [0.29, 0.717) is 5.92 Å². The van der Waals surface area contributed by atoms with Crippen molar-refractivity contribution in [1.82, 2.24) is 5.43 Å². The number of hydrazone groups is 1. The molecule has 2 aliphatic rings. The van der Waals surface area contributed by atoms with Crippen molar-refractivity contribution in [3.63, 3.8) is 0 Å². The summed E-state index contributed by atoms with van der Waals surface area (Å²) in [6, 6.07) is 0.173. The van der Waals surface area contributed by atoms with Crippen LogP contribution >= 0.6 is 0 Å². The van der Waals surface area contributed by atoms with E-state index in [-0.39, 0.29) is 16.9 Å². The lowest BCUT2D eigenvalue weighted by atomic mass is 9.70. The molecule has 1 amide bonds. The summed E-state index contributed by atoms with van der Waals surface area (Å²) in [5, 5.41) is 4.16. The fraction of sp³-hybridized carbons (Fsp3) is 0.526. The lowest BCUT2D eigenvalue weighted by Gasteiger charge is -2.34. The zero-order chi connectivity index (χ0) is 20.9. The van der Waals surface area contributed by atoms with Crippen molar-refractivity contribution in [3.8, 4) is 0 Å². The van der Waals surface area contributed by atoms with Gasteiger partial charge in [0.25, 0.3) is 5.91 Å². The van der Waals surface area contributed by atoms with Crippen LogP contribution in [0.15, 0.2) is 11.2 Å². The minimum atomic E-state index is -2.13. The van der Waals surface area contributed by atoms with Gasteiger partial charge in [0.05, 0.1) is 0 Å². The maximum Gasteiger partial charge on any atom is 0.341 e. The van der Waals surface area contributed by atoms with Crippen LogP contribution < -0.4 is 5.43 Å². The number of carbonyl (C=O) groups is 2. The molecule has 2 saturated carbocycles. The summed E-state index contributed by atoms with van der Waals surface area (Å²) in [4.78, 5) is 23.6. The normalized spacial score (nSPS) is 26.5. The monoisotopic (exact) mass is 400 g/mol. The molecule has 28 heavy (non-hydrogen) atoms. The average molecular weight is 400 g/mol. The Morgan fingerprint density at radius 3 is 2.43 bits per heavy atom. The molecule has 1 aromatic carbocycles. The summed E-state index contributed by atoms with van der Waals surface area (Å²) in [5.74, 6) is -9.59. The molecule has 5 nitrogen and oxygen atoms in total. The number of ether oxygens (including phenoxy) is 1. The molecular weight excluding hydrogens is 380 g/mol. The van der Waals surface area contributed by atoms with Gasteiger partial charge in [-0.25, -0.2) is 27.8 Å². The number of hydrogen-bond donors (Lipinski definition) is 1. The second-order valence-electron chi connectivity index (χ2n) is 8.01. The molecule has 0 saturated heterocycles. The van der Waals surface area contributed by atoms with Crippen molar-refractivity contribution in [2.75, 3.05) is 6.61 Å². The topological polar surface area (TPSA) is 67.8 Å². The standard InChI is InChI=1S/C19H20F4N2O3/c1-18(2)9-4-5-19(18,3)12(6-9)24-25-13(26)8-28-17(27)10-7-11(20)15(22)16(23)14(10)21/h7,9H,4-6,8H2,1-3H3,(H,25,26). The van der Waals surface area contributed by atoms with Crippen LogP contribution in [0.4, 0.5) is 17.6 Å². The number of nitrogens with one attached hydrogen (secondary N) is 1. The minimum absolute atomic E-state index is 0.0667. The van der Waals surface area contributed by atoms with Gasteiger partial charge in [-0.2, -0.15) is 5.10 Å². The van der Waals surface area contributed by atoms with E-state index in [9.17, 15) is 27.2 Å². The van der Waals surface area contributed by atoms with Gasteiger partial charge in [-0.15, -0.1) is 0 Å². The maximum atomic E-state index is 13.6. The summed E-state index contributed by atoms with van der Waals surface area (Å²) in [5.41, 5.74) is 1.95. The van der Waals surface area contributed by atoms with Gasteiger partial charge in [-0.1, -0.05) is 20.8 Å². The van der Waals surface area contributed by atoms with E-state index in [1.165, 1.54) is 0 Å². The van der Waals surface area contributed by atoms with E-state index < -0.39 is 47.3 Å². The zero-order valence-corrected chi connectivity index (χ0v) is 15.7. The van der Waals surface area contributed by atoms with Crippen molar-refractivity contribution < 1.29 is 31.9 Å². The first-order valence-electron chi connectivity index (χ1n) is 8.85. The molecule has 0 aromatic heterocycles. The molecule has 2 atom stereocenters. The largest absolute Gasteiger partial charge is 0.452 e. The van der Waals surface area contributed by atoms with E-state index in [4.69, 9.17) is 0 Å². The first-order valence-corrected chi connectivity index (χ1v) is 8.85. The van der Waals surface area contributed by atoms with Crippen LogP contribution in [-0.2, 0) is 9.53 Å². The lowest BCUT2D eigenvalue weighted by Crippen LogP contribution is -2.35. The third kappa shape index (κ3) is 3.06. The van der Waals surface area contributed by atoms with Crippen LogP contribution in [0.2, 0.25) is 0 Å². The molecule has 1 N–H and O–H groups in total. The van der Waals surface area contributed by atoms with Gasteiger partial charge < -0.3 is 4.74 Å². The van der Waals surface area contributed by atoms with Gasteiger partial charge >= 0.3 is 5.97 Å². The van der Waals surface area contributed by atoms with Crippen LogP contribution in [0.25, 0.3) is 0 Å². The van der Waals surface area contributed by atoms with E-state index in [0.717, 1.165) is 25.0 Å². The molecule has 3 rings (SSSR count). The fourth-order valence-corrected chi connectivity index (χ4v) is 4.19. The minimum Gasteiger partial charge on any atom is -0.452 e. The number of nitrogens with zero attached hydrogens (tertiary/aromatic N) is 1. The molecule has 2 fully saturated rings. The highest BCUT2D eigenvalue weighted by atomic mass is 19.2. The van der Waals surface area contributed by atoms with Gasteiger partial charge in [0, 0.05) is 11.1 Å². The molecule has 2 unspecified atom stereocenters. The van der Waals surface area contributed by atoms with E-state index in [1.54, 1.807) is 0 Å². The SMILES string of the molecule is CC12CCC(CC1=NNC(=O)COC(=O)c1cc(F)c(F)c(F)c1F)C2(C)C. The molecule has 152 valence electrons. The van der Waals surface area contributed by atoms with Crippen molar-refractivity contribution in [2.24, 2.45) is 21.8 Å². The van der Waals surface area contributed by atoms with Crippen molar-refractivity contribution >= 4 is 17.6 Å². The third-order valence-corrected chi connectivity index (χ3v) is 6.48. The molecule has 0 aliphatic heterocycles. The second-order valence-corrected chi connectivity index (χ2v) is 8.01. The number of fused-ring (bicyclic) bond motifs is 2. The molecule has 2 bridgehead atoms. The van der Waals surface area contributed by atoms with Crippen LogP contribution in [-0.4, -0.2) is 24.2 Å². The lowest BCUT2D eigenvalue weighted by molar-refractivity contribution is -0.124. The Balaban J connectivity index is 1.61. The number of amides is 1. The van der Waals surface area contributed by atoms with Crippen molar-refractivity contribution in [1.29, 1.82) is 0 Å². The maximum absolute atomic E-state index is 13.6. The molecule has 0 spiro atoms. The van der Waals surface area contributed by atoms with E-state index in [1.807, 2.05) is 0 Å². The number of carbonyl (C=O) groups excluding carboxylic acids is 2. The number of rotatable bonds is 4. The second kappa shape index (κ2) is 6.86. The summed E-state index contributed by atoms with van der Waals surface area (Å²) >= 11 is 0. The third-order valence-electron chi connectivity index (χ3n) is 6.48. The predicted octanol–water partition coefficient (Wildman–Crippen LogP) is 3.72. The Labute approximate surface area is 159 Å². The highest BCUT2D eigenvalue weighted by molar-refractivity contribution is 5.95. The number of hydrogen-bond acceptors (Lipinski definition) is 4. The van der Waals surface area contributed by atoms with Gasteiger partial charge in [0.1, 0.15) is 5.56 Å². The van der Waals surface area contributed by atoms with E-state index in [2.05, 4.69) is 36.0 Å². The Hall–Kier alpha value is -2.45. The van der Waals surface area contributed by atoms with Gasteiger partial charge in [-0.3, -0.25) is 4.79 Å². The highest BCUT2D eigenvalue weighted by Crippen LogP contribution is 2.63. The highest BCUT2D eigenvalue weighted by Gasteiger charge is 2.60. The predicted molar refractivity (Wildman–Crippen MR) is 91.4 cm³/mol. The van der Waals surface area contributed by atoms with Gasteiger partial charge in [0.2, 0.25) is 0 Å². The average Bonchev–Trinajstić information content (AvgIpc) is 2.98. The molecule has 0 radical (unpaired) electrons. The summed E-state index contributed by atoms with van der Waals surface area (Å²) in [6.45, 7) is 5.61. The van der Waals surface area contributed by atoms with Gasteiger partial charge in [-0.05, 0) is 36.7 Å². The zero-order valence-electron chi connectivity index (χ0n) is 15.7. The van der Waals surface area contributed by atoms with Crippen LogP contribution in [0.1, 0.15) is 50.4 Å². The molecule has 1 aromatic rings. The molecule has 9 heteroatoms. The van der Waals surface area contributed by atoms with E-state index >= 15 is 0 Å².